The zero-order chi connectivity index (χ0) is 25.5. The summed E-state index contributed by atoms with van der Waals surface area (Å²) in [5.74, 6) is 0.888. The molecule has 2 aromatic heterocycles. The van der Waals surface area contributed by atoms with Gasteiger partial charge in [0, 0.05) is 52.5 Å². The predicted molar refractivity (Wildman–Crippen MR) is 147 cm³/mol. The number of hydrogen-bond acceptors (Lipinski definition) is 5. The number of aryl methyl sites for hydroxylation is 2. The second kappa shape index (κ2) is 12.4. The minimum Gasteiger partial charge on any atom is -0.369 e. The highest BCUT2D eigenvalue weighted by atomic mass is 16.2. The Morgan fingerprint density at radius 3 is 2.11 bits per heavy atom. The van der Waals surface area contributed by atoms with Crippen LogP contribution in [-0.4, -0.2) is 49.8 Å². The molecular formula is C28H42N6O2. The number of aromatic nitrogens is 4. The second-order valence-electron chi connectivity index (χ2n) is 10.1. The van der Waals surface area contributed by atoms with E-state index in [0.717, 1.165) is 51.4 Å². The first-order valence-corrected chi connectivity index (χ1v) is 13.7. The Labute approximate surface area is 214 Å². The summed E-state index contributed by atoms with van der Waals surface area (Å²) in [7, 11) is 3.26. The Morgan fingerprint density at radius 1 is 0.806 bits per heavy atom. The first kappa shape index (κ1) is 26.2. The number of benzene rings is 1. The molecule has 0 atom stereocenters. The molecule has 0 saturated carbocycles. The Balaban J connectivity index is 1.47. The van der Waals surface area contributed by atoms with Crippen LogP contribution in [0.15, 0.2) is 39.9 Å². The molecule has 1 fully saturated rings. The smallest absolute Gasteiger partial charge is 0.332 e. The molecule has 4 rings (SSSR count). The first-order chi connectivity index (χ1) is 17.5. The van der Waals surface area contributed by atoms with Gasteiger partial charge in [-0.25, -0.2) is 9.78 Å². The van der Waals surface area contributed by atoms with Gasteiger partial charge in [0.15, 0.2) is 11.2 Å². The number of para-hydroxylation sites is 1. The molecule has 1 aliphatic rings. The molecule has 1 saturated heterocycles. The van der Waals surface area contributed by atoms with Gasteiger partial charge >= 0.3 is 5.69 Å². The van der Waals surface area contributed by atoms with E-state index < -0.39 is 0 Å². The molecule has 0 aliphatic carbocycles. The molecule has 0 radical (unpaired) electrons. The van der Waals surface area contributed by atoms with Crippen molar-refractivity contribution >= 4 is 16.9 Å². The topological polar surface area (TPSA) is 68.3 Å². The highest BCUT2D eigenvalue weighted by Gasteiger charge is 2.23. The number of anilines is 1. The van der Waals surface area contributed by atoms with Gasteiger partial charge in [0.2, 0.25) is 0 Å². The van der Waals surface area contributed by atoms with E-state index in [9.17, 15) is 9.59 Å². The van der Waals surface area contributed by atoms with Crippen molar-refractivity contribution in [2.75, 3.05) is 31.1 Å². The molecular weight excluding hydrogens is 452 g/mol. The molecule has 196 valence electrons. The quantitative estimate of drug-likeness (QED) is 0.357. The molecule has 0 bridgehead atoms. The zero-order valence-corrected chi connectivity index (χ0v) is 22.3. The third-order valence-corrected chi connectivity index (χ3v) is 7.52. The van der Waals surface area contributed by atoms with Crippen LogP contribution in [0, 0.1) is 0 Å². The summed E-state index contributed by atoms with van der Waals surface area (Å²) >= 11 is 0. The third-order valence-electron chi connectivity index (χ3n) is 7.52. The molecule has 1 aliphatic heterocycles. The van der Waals surface area contributed by atoms with Gasteiger partial charge in [-0.05, 0) is 18.6 Å². The van der Waals surface area contributed by atoms with E-state index in [0.29, 0.717) is 17.7 Å². The van der Waals surface area contributed by atoms with Crippen LogP contribution in [0.3, 0.4) is 0 Å². The number of imidazole rings is 1. The average Bonchev–Trinajstić information content (AvgIpc) is 3.26. The van der Waals surface area contributed by atoms with Crippen molar-refractivity contribution in [3.63, 3.8) is 0 Å². The van der Waals surface area contributed by atoms with Crippen molar-refractivity contribution < 1.29 is 0 Å². The van der Waals surface area contributed by atoms with Crippen molar-refractivity contribution in [1.29, 1.82) is 0 Å². The van der Waals surface area contributed by atoms with Gasteiger partial charge in [-0.1, -0.05) is 70.1 Å². The highest BCUT2D eigenvalue weighted by molar-refractivity contribution is 5.71. The molecule has 0 amide bonds. The summed E-state index contributed by atoms with van der Waals surface area (Å²) in [4.78, 5) is 35.4. The predicted octanol–water partition coefficient (Wildman–Crippen LogP) is 3.90. The molecule has 8 nitrogen and oxygen atoms in total. The monoisotopic (exact) mass is 494 g/mol. The van der Waals surface area contributed by atoms with Gasteiger partial charge < -0.3 is 9.47 Å². The van der Waals surface area contributed by atoms with Crippen LogP contribution in [0.5, 0.6) is 0 Å². The van der Waals surface area contributed by atoms with Crippen molar-refractivity contribution in [3.8, 4) is 0 Å². The van der Waals surface area contributed by atoms with E-state index in [4.69, 9.17) is 4.98 Å². The molecule has 0 N–H and O–H groups in total. The van der Waals surface area contributed by atoms with Crippen LogP contribution in [-0.2, 0) is 27.2 Å². The molecule has 3 heterocycles. The number of piperazine rings is 1. The lowest BCUT2D eigenvalue weighted by Crippen LogP contribution is -2.46. The number of nitrogens with zero attached hydrogens (tertiary/aromatic N) is 6. The number of fused-ring (bicyclic) bond motifs is 1. The largest absolute Gasteiger partial charge is 0.369 e. The van der Waals surface area contributed by atoms with E-state index in [1.54, 1.807) is 14.1 Å². The van der Waals surface area contributed by atoms with Crippen LogP contribution in [0.2, 0.25) is 0 Å². The zero-order valence-electron chi connectivity index (χ0n) is 22.3. The van der Waals surface area contributed by atoms with Gasteiger partial charge in [-0.3, -0.25) is 18.8 Å². The van der Waals surface area contributed by atoms with Gasteiger partial charge in [0.25, 0.3) is 5.56 Å². The van der Waals surface area contributed by atoms with Crippen LogP contribution < -0.4 is 16.1 Å². The fourth-order valence-electron chi connectivity index (χ4n) is 5.26. The SMILES string of the molecule is CCCCCCCCCCn1c(CN2CCN(c3ccccc3)CC2)nc2c1c(=O)n(C)c(=O)n2C. The maximum atomic E-state index is 13.1. The summed E-state index contributed by atoms with van der Waals surface area (Å²) in [5.41, 5.74) is 1.74. The van der Waals surface area contributed by atoms with E-state index in [2.05, 4.69) is 45.6 Å². The fourth-order valence-corrected chi connectivity index (χ4v) is 5.26. The molecule has 0 spiro atoms. The summed E-state index contributed by atoms with van der Waals surface area (Å²) in [6, 6.07) is 10.5. The maximum absolute atomic E-state index is 13.1. The van der Waals surface area contributed by atoms with Crippen molar-refractivity contribution in [2.45, 2.75) is 71.4 Å². The fraction of sp³-hybridized carbons (Fsp3) is 0.607. The first-order valence-electron chi connectivity index (χ1n) is 13.7. The molecule has 8 heteroatoms. The summed E-state index contributed by atoms with van der Waals surface area (Å²) < 4.78 is 4.81. The van der Waals surface area contributed by atoms with Gasteiger partial charge in [-0.15, -0.1) is 0 Å². The van der Waals surface area contributed by atoms with E-state index in [1.165, 1.54) is 53.3 Å². The van der Waals surface area contributed by atoms with Gasteiger partial charge in [0.05, 0.1) is 6.54 Å². The third kappa shape index (κ3) is 5.91. The van der Waals surface area contributed by atoms with Crippen molar-refractivity contribution in [3.05, 3.63) is 57.0 Å². The standard InChI is InChI=1S/C28H42N6O2/c1-4-5-6-7-8-9-10-14-17-34-24(29-26-25(34)27(35)31(3)28(36)30(26)2)22-32-18-20-33(21-19-32)23-15-12-11-13-16-23/h11-13,15-16H,4-10,14,17-22H2,1-3H3. The normalized spacial score (nSPS) is 14.7. The Bertz CT molecular complexity index is 1230. The number of hydrogen-bond donors (Lipinski definition) is 0. The van der Waals surface area contributed by atoms with Crippen molar-refractivity contribution in [2.24, 2.45) is 14.1 Å². The van der Waals surface area contributed by atoms with E-state index >= 15 is 0 Å². The van der Waals surface area contributed by atoms with Gasteiger partial charge in [-0.2, -0.15) is 0 Å². The van der Waals surface area contributed by atoms with Crippen LogP contribution in [0.4, 0.5) is 5.69 Å². The Morgan fingerprint density at radius 2 is 1.44 bits per heavy atom. The summed E-state index contributed by atoms with van der Waals surface area (Å²) in [5, 5.41) is 0. The molecule has 1 aromatic carbocycles. The Hall–Kier alpha value is -2.87. The van der Waals surface area contributed by atoms with Crippen LogP contribution >= 0.6 is 0 Å². The number of rotatable bonds is 12. The van der Waals surface area contributed by atoms with Crippen LogP contribution in [0.1, 0.15) is 64.1 Å². The minimum atomic E-state index is -0.327. The van der Waals surface area contributed by atoms with Gasteiger partial charge in [0.1, 0.15) is 5.82 Å². The molecule has 0 unspecified atom stereocenters. The summed E-state index contributed by atoms with van der Waals surface area (Å²) in [6.07, 6.45) is 9.90. The lowest BCUT2D eigenvalue weighted by molar-refractivity contribution is 0.241. The van der Waals surface area contributed by atoms with E-state index in [-0.39, 0.29) is 11.2 Å². The minimum absolute atomic E-state index is 0.250. The molecule has 3 aromatic rings. The maximum Gasteiger partial charge on any atom is 0.332 e. The average molecular weight is 495 g/mol. The van der Waals surface area contributed by atoms with Crippen molar-refractivity contribution in [1.82, 2.24) is 23.6 Å². The summed E-state index contributed by atoms with van der Waals surface area (Å²) in [6.45, 7) is 7.49. The highest BCUT2D eigenvalue weighted by Crippen LogP contribution is 2.19. The lowest BCUT2D eigenvalue weighted by Gasteiger charge is -2.36. The van der Waals surface area contributed by atoms with E-state index in [1.807, 2.05) is 6.07 Å². The second-order valence-corrected chi connectivity index (χ2v) is 10.1. The Kier molecular flexibility index (Phi) is 9.02. The lowest BCUT2D eigenvalue weighted by atomic mass is 10.1. The molecule has 36 heavy (non-hydrogen) atoms. The van der Waals surface area contributed by atoms with Crippen LogP contribution in [0.25, 0.3) is 11.2 Å². The number of unbranched alkanes of at least 4 members (excludes halogenated alkanes) is 7.